The molecule has 1 fully saturated rings. The summed E-state index contributed by atoms with van der Waals surface area (Å²) in [6, 6.07) is 0. The fraction of sp³-hybridized carbons (Fsp3) is 0.462. The Hall–Kier alpha value is -1.31. The number of rotatable bonds is 1. The van der Waals surface area contributed by atoms with Crippen LogP contribution in [-0.4, -0.2) is 13.1 Å². The summed E-state index contributed by atoms with van der Waals surface area (Å²) >= 11 is 0. The van der Waals surface area contributed by atoms with E-state index in [-0.39, 0.29) is 5.97 Å². The number of fused-ring (bicyclic) bond motifs is 2. The van der Waals surface area contributed by atoms with Gasteiger partial charge in [0.15, 0.2) is 0 Å². The van der Waals surface area contributed by atoms with Crippen LogP contribution < -0.4 is 0 Å². The third-order valence-electron chi connectivity index (χ3n) is 3.21. The SMILES string of the molecule is COC(=O)/C=C1\CC2C=CC1C2=C(C)C. The van der Waals surface area contributed by atoms with E-state index in [2.05, 4.69) is 30.7 Å². The Labute approximate surface area is 90.3 Å². The zero-order chi connectivity index (χ0) is 11.0. The fourth-order valence-electron chi connectivity index (χ4n) is 2.61. The number of hydrogen-bond acceptors (Lipinski definition) is 2. The molecule has 2 rings (SSSR count). The molecule has 0 N–H and O–H groups in total. The van der Waals surface area contributed by atoms with Gasteiger partial charge in [-0.3, -0.25) is 0 Å². The minimum Gasteiger partial charge on any atom is -0.466 e. The average Bonchev–Trinajstić information content (AvgIpc) is 2.74. The van der Waals surface area contributed by atoms with Crippen LogP contribution in [0.1, 0.15) is 20.3 Å². The molecule has 0 spiro atoms. The lowest BCUT2D eigenvalue weighted by atomic mass is 9.98. The molecular weight excluding hydrogens is 188 g/mol. The van der Waals surface area contributed by atoms with Crippen molar-refractivity contribution in [3.8, 4) is 0 Å². The summed E-state index contributed by atoms with van der Waals surface area (Å²) in [5, 5.41) is 0. The van der Waals surface area contributed by atoms with E-state index in [0.717, 1.165) is 6.42 Å². The smallest absolute Gasteiger partial charge is 0.330 e. The van der Waals surface area contributed by atoms with Crippen LogP contribution in [0.25, 0.3) is 0 Å². The van der Waals surface area contributed by atoms with Crippen LogP contribution >= 0.6 is 0 Å². The average molecular weight is 204 g/mol. The van der Waals surface area contributed by atoms with E-state index >= 15 is 0 Å². The van der Waals surface area contributed by atoms with Crippen molar-refractivity contribution in [2.24, 2.45) is 11.8 Å². The van der Waals surface area contributed by atoms with Gasteiger partial charge in [0, 0.05) is 17.9 Å². The number of allylic oxidation sites excluding steroid dienone is 5. The van der Waals surface area contributed by atoms with E-state index in [1.54, 1.807) is 6.08 Å². The van der Waals surface area contributed by atoms with Crippen LogP contribution in [0.4, 0.5) is 0 Å². The van der Waals surface area contributed by atoms with Gasteiger partial charge in [-0.15, -0.1) is 0 Å². The molecule has 0 aromatic rings. The lowest BCUT2D eigenvalue weighted by Gasteiger charge is -2.07. The van der Waals surface area contributed by atoms with Crippen LogP contribution in [0.3, 0.4) is 0 Å². The van der Waals surface area contributed by atoms with Crippen molar-refractivity contribution in [2.45, 2.75) is 20.3 Å². The molecule has 0 amide bonds. The molecule has 0 aromatic heterocycles. The lowest BCUT2D eigenvalue weighted by Crippen LogP contribution is -2.01. The summed E-state index contributed by atoms with van der Waals surface area (Å²) in [5.41, 5.74) is 4.05. The Morgan fingerprint density at radius 3 is 2.73 bits per heavy atom. The van der Waals surface area contributed by atoms with Crippen molar-refractivity contribution in [1.29, 1.82) is 0 Å². The Balaban J connectivity index is 2.30. The first kappa shape index (κ1) is 10.2. The van der Waals surface area contributed by atoms with Gasteiger partial charge in [-0.05, 0) is 20.3 Å². The molecule has 2 atom stereocenters. The molecule has 2 bridgehead atoms. The molecule has 0 aromatic carbocycles. The summed E-state index contributed by atoms with van der Waals surface area (Å²) in [6.45, 7) is 4.28. The second-order valence-corrected chi connectivity index (χ2v) is 4.37. The van der Waals surface area contributed by atoms with Gasteiger partial charge in [-0.1, -0.05) is 28.9 Å². The summed E-state index contributed by atoms with van der Waals surface area (Å²) in [5.74, 6) is 0.647. The normalized spacial score (nSPS) is 30.1. The molecule has 0 heterocycles. The minimum atomic E-state index is -0.237. The van der Waals surface area contributed by atoms with Crippen molar-refractivity contribution in [3.05, 3.63) is 34.9 Å². The molecule has 2 aliphatic rings. The first-order valence-electron chi connectivity index (χ1n) is 5.27. The molecular formula is C13H16O2. The van der Waals surface area contributed by atoms with Gasteiger partial charge in [-0.25, -0.2) is 4.79 Å². The monoisotopic (exact) mass is 204 g/mol. The number of carbonyl (C=O) groups is 1. The van der Waals surface area contributed by atoms with E-state index in [4.69, 9.17) is 0 Å². The van der Waals surface area contributed by atoms with E-state index in [0.29, 0.717) is 11.8 Å². The molecule has 80 valence electrons. The Morgan fingerprint density at radius 1 is 1.47 bits per heavy atom. The van der Waals surface area contributed by atoms with E-state index in [9.17, 15) is 4.79 Å². The minimum absolute atomic E-state index is 0.237. The quantitative estimate of drug-likeness (QED) is 0.373. The van der Waals surface area contributed by atoms with Crippen LogP contribution in [0.5, 0.6) is 0 Å². The summed E-state index contributed by atoms with van der Waals surface area (Å²) in [6.07, 6.45) is 7.08. The number of carbonyl (C=O) groups excluding carboxylic acids is 1. The van der Waals surface area contributed by atoms with E-state index in [1.165, 1.54) is 23.8 Å². The van der Waals surface area contributed by atoms with Gasteiger partial charge in [0.1, 0.15) is 0 Å². The molecule has 2 nitrogen and oxygen atoms in total. The van der Waals surface area contributed by atoms with Gasteiger partial charge in [0.2, 0.25) is 0 Å². The maximum absolute atomic E-state index is 11.2. The second kappa shape index (κ2) is 3.69. The fourth-order valence-corrected chi connectivity index (χ4v) is 2.61. The van der Waals surface area contributed by atoms with Crippen LogP contribution in [-0.2, 0) is 9.53 Å². The zero-order valence-electron chi connectivity index (χ0n) is 9.41. The molecule has 1 saturated carbocycles. The van der Waals surface area contributed by atoms with Crippen LogP contribution in [0.2, 0.25) is 0 Å². The lowest BCUT2D eigenvalue weighted by molar-refractivity contribution is -0.134. The maximum atomic E-state index is 11.2. The Morgan fingerprint density at radius 2 is 2.20 bits per heavy atom. The highest BCUT2D eigenvalue weighted by molar-refractivity contribution is 5.83. The third kappa shape index (κ3) is 1.65. The molecule has 2 aliphatic carbocycles. The maximum Gasteiger partial charge on any atom is 0.330 e. The van der Waals surface area contributed by atoms with Gasteiger partial charge >= 0.3 is 5.97 Å². The first-order valence-corrected chi connectivity index (χ1v) is 5.27. The zero-order valence-corrected chi connectivity index (χ0v) is 9.41. The molecule has 0 radical (unpaired) electrons. The van der Waals surface area contributed by atoms with Gasteiger partial charge in [-0.2, -0.15) is 0 Å². The highest BCUT2D eigenvalue weighted by atomic mass is 16.5. The molecule has 2 heteroatoms. The standard InChI is InChI=1S/C13H16O2/c1-8(2)13-9-4-5-11(13)10(6-9)7-12(14)15-3/h4-5,7,9,11H,6H2,1-3H3/b10-7+. The van der Waals surface area contributed by atoms with Crippen LogP contribution in [0.15, 0.2) is 34.9 Å². The van der Waals surface area contributed by atoms with E-state index in [1.807, 2.05) is 0 Å². The van der Waals surface area contributed by atoms with Gasteiger partial charge in [0.05, 0.1) is 7.11 Å². The number of methoxy groups -OCH3 is 1. The van der Waals surface area contributed by atoms with Crippen molar-refractivity contribution in [2.75, 3.05) is 7.11 Å². The molecule has 0 aliphatic heterocycles. The van der Waals surface area contributed by atoms with Crippen molar-refractivity contribution in [1.82, 2.24) is 0 Å². The predicted molar refractivity (Wildman–Crippen MR) is 59.2 cm³/mol. The van der Waals surface area contributed by atoms with Crippen molar-refractivity contribution < 1.29 is 9.53 Å². The largest absolute Gasteiger partial charge is 0.466 e. The molecule has 15 heavy (non-hydrogen) atoms. The van der Waals surface area contributed by atoms with Crippen molar-refractivity contribution in [3.63, 3.8) is 0 Å². The first-order chi connectivity index (χ1) is 7.13. The summed E-state index contributed by atoms with van der Waals surface area (Å²) < 4.78 is 4.66. The number of ether oxygens (including phenoxy) is 1. The highest BCUT2D eigenvalue weighted by Crippen LogP contribution is 2.48. The number of esters is 1. The third-order valence-corrected chi connectivity index (χ3v) is 3.21. The van der Waals surface area contributed by atoms with Gasteiger partial charge < -0.3 is 4.74 Å². The van der Waals surface area contributed by atoms with E-state index < -0.39 is 0 Å². The number of hydrogen-bond donors (Lipinski definition) is 0. The summed E-state index contributed by atoms with van der Waals surface area (Å²) in [7, 11) is 1.42. The van der Waals surface area contributed by atoms with Gasteiger partial charge in [0.25, 0.3) is 0 Å². The van der Waals surface area contributed by atoms with Crippen molar-refractivity contribution >= 4 is 5.97 Å². The highest BCUT2D eigenvalue weighted by Gasteiger charge is 2.36. The summed E-state index contributed by atoms with van der Waals surface area (Å²) in [4.78, 5) is 11.2. The Bertz CT molecular complexity index is 381. The Kier molecular flexibility index (Phi) is 2.51. The topological polar surface area (TPSA) is 26.3 Å². The molecule has 0 saturated heterocycles. The predicted octanol–water partition coefficient (Wildman–Crippen LogP) is 2.63. The molecule has 2 unspecified atom stereocenters. The van der Waals surface area contributed by atoms with Crippen LogP contribution in [0, 0.1) is 11.8 Å². The second-order valence-electron chi connectivity index (χ2n) is 4.37.